The van der Waals surface area contributed by atoms with E-state index in [0.29, 0.717) is 12.8 Å². The molecule has 0 heterocycles. The number of aliphatic carboxylic acids is 1. The highest BCUT2D eigenvalue weighted by Crippen LogP contribution is 2.44. The molecule has 1 fully saturated rings. The van der Waals surface area contributed by atoms with Crippen LogP contribution in [0.2, 0.25) is 0 Å². The van der Waals surface area contributed by atoms with E-state index in [4.69, 9.17) is 9.84 Å². The molecule has 180 valence electrons. The molecule has 2 aliphatic rings. The Kier molecular flexibility index (Phi) is 6.91. The van der Waals surface area contributed by atoms with Crippen molar-refractivity contribution in [1.29, 1.82) is 0 Å². The molecule has 0 bridgehead atoms. The van der Waals surface area contributed by atoms with E-state index in [1.807, 2.05) is 24.3 Å². The Hall–Kier alpha value is -3.35. The van der Waals surface area contributed by atoms with Crippen LogP contribution in [0, 0.1) is 5.92 Å². The highest BCUT2D eigenvalue weighted by molar-refractivity contribution is 5.90. The predicted molar refractivity (Wildman–Crippen MR) is 128 cm³/mol. The fourth-order valence-corrected chi connectivity index (χ4v) is 5.43. The number of carbonyl (C=O) groups is 3. The first-order valence-electron chi connectivity index (χ1n) is 11.9. The molecule has 1 saturated carbocycles. The SMILES string of the molecule is CC1CCCC(NC(=O)OCC2c3ccccc3-c3ccccc32)(C(=O)N[C@H](C)CC(=O)O)C1. The summed E-state index contributed by atoms with van der Waals surface area (Å²) in [6.07, 6.45) is 1.95. The van der Waals surface area contributed by atoms with Gasteiger partial charge in [-0.3, -0.25) is 9.59 Å². The van der Waals surface area contributed by atoms with Crippen molar-refractivity contribution in [3.8, 4) is 11.1 Å². The molecule has 4 rings (SSSR count). The number of carboxylic acid groups (broad SMARTS) is 1. The van der Waals surface area contributed by atoms with E-state index in [2.05, 4.69) is 41.8 Å². The summed E-state index contributed by atoms with van der Waals surface area (Å²) in [4.78, 5) is 37.2. The van der Waals surface area contributed by atoms with Crippen LogP contribution < -0.4 is 10.6 Å². The van der Waals surface area contributed by atoms with Crippen molar-refractivity contribution in [3.05, 3.63) is 59.7 Å². The van der Waals surface area contributed by atoms with Gasteiger partial charge >= 0.3 is 12.1 Å². The second-order valence-corrected chi connectivity index (χ2v) is 9.71. The molecule has 7 heteroatoms. The summed E-state index contributed by atoms with van der Waals surface area (Å²) in [7, 11) is 0. The first-order valence-corrected chi connectivity index (χ1v) is 11.9. The third-order valence-electron chi connectivity index (χ3n) is 6.98. The highest BCUT2D eigenvalue weighted by atomic mass is 16.5. The molecule has 2 aliphatic carbocycles. The van der Waals surface area contributed by atoms with Gasteiger partial charge in [-0.2, -0.15) is 0 Å². The lowest BCUT2D eigenvalue weighted by Crippen LogP contribution is -2.62. The van der Waals surface area contributed by atoms with E-state index >= 15 is 0 Å². The molecular formula is C27H32N2O5. The van der Waals surface area contributed by atoms with Crippen molar-refractivity contribution >= 4 is 18.0 Å². The lowest BCUT2D eigenvalue weighted by Gasteiger charge is -2.39. The van der Waals surface area contributed by atoms with Gasteiger partial charge in [-0.1, -0.05) is 68.3 Å². The molecule has 34 heavy (non-hydrogen) atoms. The molecule has 0 spiro atoms. The highest BCUT2D eigenvalue weighted by Gasteiger charge is 2.44. The molecule has 2 amide bonds. The Morgan fingerprint density at radius 1 is 1.09 bits per heavy atom. The van der Waals surface area contributed by atoms with Crippen molar-refractivity contribution in [3.63, 3.8) is 0 Å². The molecule has 3 atom stereocenters. The van der Waals surface area contributed by atoms with Crippen molar-refractivity contribution in [2.75, 3.05) is 6.61 Å². The number of ether oxygens (including phenoxy) is 1. The summed E-state index contributed by atoms with van der Waals surface area (Å²) < 4.78 is 5.70. The lowest BCUT2D eigenvalue weighted by molar-refractivity contribution is -0.138. The summed E-state index contributed by atoms with van der Waals surface area (Å²) >= 11 is 0. The summed E-state index contributed by atoms with van der Waals surface area (Å²) in [6.45, 7) is 3.88. The normalized spacial score (nSPS) is 22.2. The van der Waals surface area contributed by atoms with Crippen LogP contribution in [0.4, 0.5) is 4.79 Å². The van der Waals surface area contributed by atoms with Gasteiger partial charge in [-0.15, -0.1) is 0 Å². The number of amides is 2. The fraction of sp³-hybridized carbons (Fsp3) is 0.444. The van der Waals surface area contributed by atoms with Crippen LogP contribution in [-0.2, 0) is 14.3 Å². The second-order valence-electron chi connectivity index (χ2n) is 9.71. The van der Waals surface area contributed by atoms with Gasteiger partial charge in [0.2, 0.25) is 5.91 Å². The monoisotopic (exact) mass is 464 g/mol. The number of nitrogens with one attached hydrogen (secondary N) is 2. The minimum atomic E-state index is -1.10. The quantitative estimate of drug-likeness (QED) is 0.561. The van der Waals surface area contributed by atoms with Gasteiger partial charge in [0.05, 0.1) is 6.42 Å². The van der Waals surface area contributed by atoms with Gasteiger partial charge in [0, 0.05) is 12.0 Å². The smallest absolute Gasteiger partial charge is 0.408 e. The number of carbonyl (C=O) groups excluding carboxylic acids is 2. The van der Waals surface area contributed by atoms with E-state index in [1.165, 1.54) is 0 Å². The average Bonchev–Trinajstić information content (AvgIpc) is 3.11. The van der Waals surface area contributed by atoms with Crippen LogP contribution >= 0.6 is 0 Å². The molecule has 0 aliphatic heterocycles. The van der Waals surface area contributed by atoms with E-state index in [9.17, 15) is 14.4 Å². The predicted octanol–water partition coefficient (Wildman–Crippen LogP) is 4.45. The Balaban J connectivity index is 1.46. The van der Waals surface area contributed by atoms with Gasteiger partial charge in [0.15, 0.2) is 0 Å². The van der Waals surface area contributed by atoms with Gasteiger partial charge in [0.25, 0.3) is 0 Å². The molecule has 3 N–H and O–H groups in total. The first kappa shape index (κ1) is 23.8. The minimum Gasteiger partial charge on any atom is -0.481 e. The molecular weight excluding hydrogens is 432 g/mol. The first-order chi connectivity index (χ1) is 16.3. The Bertz CT molecular complexity index is 1040. The van der Waals surface area contributed by atoms with Crippen LogP contribution in [0.5, 0.6) is 0 Å². The Morgan fingerprint density at radius 2 is 1.71 bits per heavy atom. The van der Waals surface area contributed by atoms with Gasteiger partial charge in [-0.05, 0) is 47.9 Å². The third kappa shape index (κ3) is 4.93. The second kappa shape index (κ2) is 9.87. The number of hydrogen-bond donors (Lipinski definition) is 3. The molecule has 7 nitrogen and oxygen atoms in total. The number of alkyl carbamates (subject to hydrolysis) is 1. The summed E-state index contributed by atoms with van der Waals surface area (Å²) in [5, 5.41) is 14.7. The fourth-order valence-electron chi connectivity index (χ4n) is 5.43. The van der Waals surface area contributed by atoms with Crippen molar-refractivity contribution in [2.24, 2.45) is 5.92 Å². The number of rotatable bonds is 7. The summed E-state index contributed by atoms with van der Waals surface area (Å²) in [6, 6.07) is 15.7. The Morgan fingerprint density at radius 3 is 2.29 bits per heavy atom. The van der Waals surface area contributed by atoms with E-state index in [1.54, 1.807) is 6.92 Å². The van der Waals surface area contributed by atoms with Crippen LogP contribution in [-0.4, -0.2) is 41.3 Å². The van der Waals surface area contributed by atoms with E-state index in [-0.39, 0.29) is 30.8 Å². The van der Waals surface area contributed by atoms with Crippen molar-refractivity contribution < 1.29 is 24.2 Å². The van der Waals surface area contributed by atoms with Crippen molar-refractivity contribution in [2.45, 2.75) is 63.5 Å². The van der Waals surface area contributed by atoms with E-state index in [0.717, 1.165) is 35.1 Å². The summed E-state index contributed by atoms with van der Waals surface area (Å²) in [5.74, 6) is -1.14. The molecule has 0 aromatic heterocycles. The van der Waals surface area contributed by atoms with Crippen LogP contribution in [0.3, 0.4) is 0 Å². The Labute approximate surface area is 199 Å². The number of carboxylic acids is 1. The number of fused-ring (bicyclic) bond motifs is 3. The van der Waals surface area contributed by atoms with Gasteiger partial charge < -0.3 is 20.5 Å². The van der Waals surface area contributed by atoms with Gasteiger partial charge in [0.1, 0.15) is 12.1 Å². The molecule has 2 aromatic rings. The maximum Gasteiger partial charge on any atom is 0.408 e. The standard InChI is InChI=1S/C27H32N2O5/c1-17-8-7-13-27(15-17,25(32)28-18(2)14-24(30)31)29-26(33)34-16-23-21-11-5-3-9-19(21)20-10-4-6-12-22(20)23/h3-6,9-12,17-18,23H,7-8,13-16H2,1-2H3,(H,28,32)(H,29,33)(H,30,31)/t17?,18-,27?/m1/s1. The molecule has 2 aromatic carbocycles. The van der Waals surface area contributed by atoms with Gasteiger partial charge in [-0.25, -0.2) is 4.79 Å². The minimum absolute atomic E-state index is 0.0659. The maximum absolute atomic E-state index is 13.2. The van der Waals surface area contributed by atoms with Crippen LogP contribution in [0.15, 0.2) is 48.5 Å². The average molecular weight is 465 g/mol. The maximum atomic E-state index is 13.2. The molecule has 0 radical (unpaired) electrons. The lowest BCUT2D eigenvalue weighted by atomic mass is 9.75. The van der Waals surface area contributed by atoms with Crippen LogP contribution in [0.25, 0.3) is 11.1 Å². The van der Waals surface area contributed by atoms with Crippen molar-refractivity contribution in [1.82, 2.24) is 10.6 Å². The molecule has 0 saturated heterocycles. The largest absolute Gasteiger partial charge is 0.481 e. The zero-order chi connectivity index (χ0) is 24.3. The summed E-state index contributed by atoms with van der Waals surface area (Å²) in [5.41, 5.74) is 3.44. The number of hydrogen-bond acceptors (Lipinski definition) is 4. The zero-order valence-corrected chi connectivity index (χ0v) is 19.7. The zero-order valence-electron chi connectivity index (χ0n) is 19.7. The number of benzene rings is 2. The van der Waals surface area contributed by atoms with E-state index < -0.39 is 23.6 Å². The third-order valence-corrected chi connectivity index (χ3v) is 6.98. The molecule has 2 unspecified atom stereocenters. The van der Waals surface area contributed by atoms with Crippen LogP contribution in [0.1, 0.15) is 63.0 Å². The topological polar surface area (TPSA) is 105 Å².